The highest BCUT2D eigenvalue weighted by atomic mass is 32.1. The normalized spacial score (nSPS) is 18.5. The molecule has 100 valence electrons. The monoisotopic (exact) mass is 280 g/mol. The van der Waals surface area contributed by atoms with Crippen LogP contribution in [0.3, 0.4) is 0 Å². The second-order valence-corrected chi connectivity index (χ2v) is 4.97. The minimum absolute atomic E-state index is 0.0810. The van der Waals surface area contributed by atoms with Crippen molar-refractivity contribution in [1.82, 2.24) is 10.6 Å². The Kier molecular flexibility index (Phi) is 3.96. The lowest BCUT2D eigenvalue weighted by Gasteiger charge is -2.09. The second-order valence-electron chi connectivity index (χ2n) is 4.06. The summed E-state index contributed by atoms with van der Waals surface area (Å²) in [5.74, 6) is -1.44. The average molecular weight is 280 g/mol. The first kappa shape index (κ1) is 13.3. The Labute approximate surface area is 113 Å². The molecule has 1 atom stereocenters. The average Bonchev–Trinajstić information content (AvgIpc) is 2.95. The fourth-order valence-corrected chi connectivity index (χ4v) is 2.54. The first-order valence-electron chi connectivity index (χ1n) is 5.62. The van der Waals surface area contributed by atoms with Crippen molar-refractivity contribution in [2.24, 2.45) is 0 Å². The van der Waals surface area contributed by atoms with Crippen LogP contribution in [-0.2, 0) is 9.59 Å². The summed E-state index contributed by atoms with van der Waals surface area (Å²) in [5, 5.41) is 15.7. The Morgan fingerprint density at radius 2 is 2.32 bits per heavy atom. The Bertz CT molecular complexity index is 550. The Morgan fingerprint density at radius 1 is 1.53 bits per heavy atom. The van der Waals surface area contributed by atoms with Crippen LogP contribution in [0.2, 0.25) is 0 Å². The maximum absolute atomic E-state index is 12.0. The molecule has 1 saturated heterocycles. The van der Waals surface area contributed by atoms with Crippen molar-refractivity contribution in [3.63, 3.8) is 0 Å². The molecule has 1 unspecified atom stereocenters. The number of carbonyl (C=O) groups excluding carboxylic acids is 2. The number of thiophene rings is 1. The zero-order chi connectivity index (χ0) is 13.8. The lowest BCUT2D eigenvalue weighted by molar-refractivity contribution is -0.131. The van der Waals surface area contributed by atoms with Gasteiger partial charge in [-0.15, -0.1) is 11.3 Å². The van der Waals surface area contributed by atoms with Crippen LogP contribution in [0, 0.1) is 0 Å². The summed E-state index contributed by atoms with van der Waals surface area (Å²) in [6.07, 6.45) is 2.64. The summed E-state index contributed by atoms with van der Waals surface area (Å²) in [5.41, 5.74) is 0.558. The van der Waals surface area contributed by atoms with Crippen LogP contribution in [0.1, 0.15) is 21.7 Å². The van der Waals surface area contributed by atoms with Crippen molar-refractivity contribution in [3.8, 4) is 0 Å². The Hall–Kier alpha value is -2.15. The minimum Gasteiger partial charge on any atom is -0.478 e. The molecule has 0 spiro atoms. The van der Waals surface area contributed by atoms with Crippen molar-refractivity contribution in [2.75, 3.05) is 6.54 Å². The first-order chi connectivity index (χ1) is 9.06. The number of hydrogen-bond acceptors (Lipinski definition) is 4. The lowest BCUT2D eigenvalue weighted by atomic mass is 10.2. The molecule has 3 N–H and O–H groups in total. The van der Waals surface area contributed by atoms with Crippen LogP contribution in [0.5, 0.6) is 0 Å². The summed E-state index contributed by atoms with van der Waals surface area (Å²) < 4.78 is 0. The molecular formula is C12H12N2O4S. The van der Waals surface area contributed by atoms with E-state index in [4.69, 9.17) is 5.11 Å². The molecule has 0 aromatic carbocycles. The van der Waals surface area contributed by atoms with Gasteiger partial charge in [0.05, 0.1) is 10.9 Å². The molecule has 1 aliphatic rings. The molecule has 0 bridgehead atoms. The number of amides is 2. The fraction of sp³-hybridized carbons (Fsp3) is 0.250. The topological polar surface area (TPSA) is 95.5 Å². The standard InChI is InChI=1S/C12H12N2O4S/c15-9-5-8(6-13-9)14-12(18)11-7(3-4-19-11)1-2-10(16)17/h1-4,8H,5-6H2,(H,13,15)(H,14,18)(H,16,17)/b2-1+. The number of rotatable bonds is 4. The predicted octanol–water partition coefficient (Wildman–Crippen LogP) is 0.464. The molecule has 2 rings (SSSR count). The molecule has 7 heteroatoms. The van der Waals surface area contributed by atoms with E-state index in [0.717, 1.165) is 6.08 Å². The molecule has 2 heterocycles. The van der Waals surface area contributed by atoms with Gasteiger partial charge >= 0.3 is 5.97 Å². The van der Waals surface area contributed by atoms with Crippen molar-refractivity contribution in [3.05, 3.63) is 28.0 Å². The molecule has 0 aliphatic carbocycles. The van der Waals surface area contributed by atoms with Gasteiger partial charge in [-0.1, -0.05) is 0 Å². The highest BCUT2D eigenvalue weighted by Crippen LogP contribution is 2.18. The van der Waals surface area contributed by atoms with E-state index in [2.05, 4.69) is 10.6 Å². The van der Waals surface area contributed by atoms with Crippen LogP contribution >= 0.6 is 11.3 Å². The maximum atomic E-state index is 12.0. The van der Waals surface area contributed by atoms with E-state index in [-0.39, 0.29) is 24.3 Å². The van der Waals surface area contributed by atoms with Gasteiger partial charge in [-0.2, -0.15) is 0 Å². The van der Waals surface area contributed by atoms with E-state index in [9.17, 15) is 14.4 Å². The molecule has 2 amide bonds. The zero-order valence-corrected chi connectivity index (χ0v) is 10.7. The summed E-state index contributed by atoms with van der Waals surface area (Å²) in [4.78, 5) is 33.9. The maximum Gasteiger partial charge on any atom is 0.328 e. The highest BCUT2D eigenvalue weighted by Gasteiger charge is 2.24. The third kappa shape index (κ3) is 3.41. The first-order valence-corrected chi connectivity index (χ1v) is 6.50. The summed E-state index contributed by atoms with van der Waals surface area (Å²) in [6.45, 7) is 0.427. The molecule has 6 nitrogen and oxygen atoms in total. The molecular weight excluding hydrogens is 268 g/mol. The number of nitrogens with one attached hydrogen (secondary N) is 2. The van der Waals surface area contributed by atoms with Crippen LogP contribution in [-0.4, -0.2) is 35.5 Å². The van der Waals surface area contributed by atoms with Gasteiger partial charge in [-0.3, -0.25) is 9.59 Å². The van der Waals surface area contributed by atoms with Crippen molar-refractivity contribution < 1.29 is 19.5 Å². The summed E-state index contributed by atoms with van der Waals surface area (Å²) >= 11 is 1.23. The van der Waals surface area contributed by atoms with E-state index in [1.54, 1.807) is 11.4 Å². The number of aliphatic carboxylic acids is 1. The fourth-order valence-electron chi connectivity index (χ4n) is 1.75. The molecule has 0 saturated carbocycles. The highest BCUT2D eigenvalue weighted by molar-refractivity contribution is 7.12. The number of hydrogen-bond donors (Lipinski definition) is 3. The SMILES string of the molecule is O=C(O)/C=C/c1ccsc1C(=O)NC1CNC(=O)C1. The van der Waals surface area contributed by atoms with Crippen molar-refractivity contribution >= 4 is 35.2 Å². The van der Waals surface area contributed by atoms with Gasteiger partial charge in [0.15, 0.2) is 0 Å². The summed E-state index contributed by atoms with van der Waals surface area (Å²) in [6, 6.07) is 1.47. The van der Waals surface area contributed by atoms with Crippen molar-refractivity contribution in [2.45, 2.75) is 12.5 Å². The van der Waals surface area contributed by atoms with E-state index in [0.29, 0.717) is 17.0 Å². The molecule has 19 heavy (non-hydrogen) atoms. The van der Waals surface area contributed by atoms with E-state index in [1.165, 1.54) is 17.4 Å². The van der Waals surface area contributed by atoms with Crippen LogP contribution in [0.15, 0.2) is 17.5 Å². The molecule has 0 radical (unpaired) electrons. The van der Waals surface area contributed by atoms with Crippen LogP contribution < -0.4 is 10.6 Å². The summed E-state index contributed by atoms with van der Waals surface area (Å²) in [7, 11) is 0. The third-order valence-corrected chi connectivity index (χ3v) is 3.55. The van der Waals surface area contributed by atoms with Gasteiger partial charge in [0.25, 0.3) is 5.91 Å². The molecule has 1 aliphatic heterocycles. The zero-order valence-electron chi connectivity index (χ0n) is 9.88. The van der Waals surface area contributed by atoms with Gasteiger partial charge in [-0.05, 0) is 23.1 Å². The number of carboxylic acids is 1. The van der Waals surface area contributed by atoms with E-state index in [1.807, 2.05) is 0 Å². The molecule has 1 fully saturated rings. The quantitative estimate of drug-likeness (QED) is 0.698. The van der Waals surface area contributed by atoms with Gasteiger partial charge in [0.2, 0.25) is 5.91 Å². The van der Waals surface area contributed by atoms with Crippen molar-refractivity contribution in [1.29, 1.82) is 0 Å². The third-order valence-electron chi connectivity index (χ3n) is 2.62. The smallest absolute Gasteiger partial charge is 0.328 e. The largest absolute Gasteiger partial charge is 0.478 e. The Morgan fingerprint density at radius 3 is 2.95 bits per heavy atom. The molecule has 1 aromatic heterocycles. The van der Waals surface area contributed by atoms with Crippen LogP contribution in [0.25, 0.3) is 6.08 Å². The van der Waals surface area contributed by atoms with Crippen LogP contribution in [0.4, 0.5) is 0 Å². The van der Waals surface area contributed by atoms with Gasteiger partial charge in [0.1, 0.15) is 0 Å². The Balaban J connectivity index is 2.05. The van der Waals surface area contributed by atoms with Gasteiger partial charge < -0.3 is 15.7 Å². The number of carboxylic acid groups (broad SMARTS) is 1. The van der Waals surface area contributed by atoms with Gasteiger partial charge in [-0.25, -0.2) is 4.79 Å². The minimum atomic E-state index is -1.07. The van der Waals surface area contributed by atoms with E-state index < -0.39 is 5.97 Å². The van der Waals surface area contributed by atoms with Gasteiger partial charge in [0, 0.05) is 19.0 Å². The lowest BCUT2D eigenvalue weighted by Crippen LogP contribution is -2.36. The second kappa shape index (κ2) is 5.66. The predicted molar refractivity (Wildman–Crippen MR) is 69.9 cm³/mol. The van der Waals surface area contributed by atoms with E-state index >= 15 is 0 Å². The molecule has 1 aromatic rings. The number of carbonyl (C=O) groups is 3.